The molecule has 5 nitrogen and oxygen atoms in total. The van der Waals surface area contributed by atoms with E-state index in [0.29, 0.717) is 12.8 Å². The lowest BCUT2D eigenvalue weighted by Crippen LogP contribution is -2.39. The summed E-state index contributed by atoms with van der Waals surface area (Å²) in [6, 6.07) is 0.916. The average Bonchev–Trinajstić information content (AvgIpc) is 3.21. The summed E-state index contributed by atoms with van der Waals surface area (Å²) in [5.41, 5.74) is -0.596. The highest BCUT2D eigenvalue weighted by Gasteiger charge is 2.50. The largest absolute Gasteiger partial charge is 0.506 e. The molecule has 1 aliphatic carbocycles. The van der Waals surface area contributed by atoms with Gasteiger partial charge in [0.15, 0.2) is 0 Å². The zero-order valence-corrected chi connectivity index (χ0v) is 11.9. The van der Waals surface area contributed by atoms with Gasteiger partial charge in [0, 0.05) is 18.2 Å². The normalized spacial score (nSPS) is 15.8. The molecule has 1 saturated carbocycles. The van der Waals surface area contributed by atoms with Crippen LogP contribution in [0.25, 0.3) is 0 Å². The van der Waals surface area contributed by atoms with E-state index in [-0.39, 0.29) is 34.6 Å². The van der Waals surface area contributed by atoms with Gasteiger partial charge < -0.3 is 14.6 Å². The standard InChI is InChI=1S/C13H15ClFNO4/c1-19-11-7(8(15)5-9(17)10(11)14)6-16-13(3-4-13)12(18)20-2/h5,16-17H,3-4,6H2,1-2H3. The Labute approximate surface area is 120 Å². The number of carbonyl (C=O) groups excluding carboxylic acids is 1. The summed E-state index contributed by atoms with van der Waals surface area (Å²) in [4.78, 5) is 11.6. The number of rotatable bonds is 5. The first kappa shape index (κ1) is 14.9. The summed E-state index contributed by atoms with van der Waals surface area (Å²) in [6.07, 6.45) is 1.27. The summed E-state index contributed by atoms with van der Waals surface area (Å²) in [7, 11) is 2.64. The molecule has 1 aromatic carbocycles. The van der Waals surface area contributed by atoms with Crippen LogP contribution < -0.4 is 10.1 Å². The number of hydrogen-bond donors (Lipinski definition) is 2. The lowest BCUT2D eigenvalue weighted by molar-refractivity contribution is -0.144. The maximum absolute atomic E-state index is 13.9. The van der Waals surface area contributed by atoms with Crippen molar-refractivity contribution in [1.29, 1.82) is 0 Å². The smallest absolute Gasteiger partial charge is 0.326 e. The summed E-state index contributed by atoms with van der Waals surface area (Å²) < 4.78 is 23.6. The molecule has 0 bridgehead atoms. The lowest BCUT2D eigenvalue weighted by Gasteiger charge is -2.17. The summed E-state index contributed by atoms with van der Waals surface area (Å²) in [5, 5.41) is 12.4. The van der Waals surface area contributed by atoms with Gasteiger partial charge in [0.05, 0.1) is 14.2 Å². The fraction of sp³-hybridized carbons (Fsp3) is 0.462. The molecule has 0 radical (unpaired) electrons. The molecule has 0 aromatic heterocycles. The molecular formula is C13H15ClFNO4. The van der Waals surface area contributed by atoms with Gasteiger partial charge in [-0.2, -0.15) is 0 Å². The van der Waals surface area contributed by atoms with Gasteiger partial charge in [0.1, 0.15) is 27.9 Å². The van der Waals surface area contributed by atoms with Gasteiger partial charge in [-0.25, -0.2) is 4.39 Å². The van der Waals surface area contributed by atoms with Crippen LogP contribution in [0.1, 0.15) is 18.4 Å². The van der Waals surface area contributed by atoms with Crippen molar-refractivity contribution in [2.75, 3.05) is 14.2 Å². The van der Waals surface area contributed by atoms with E-state index < -0.39 is 11.4 Å². The topological polar surface area (TPSA) is 67.8 Å². The van der Waals surface area contributed by atoms with Crippen LogP contribution in [0, 0.1) is 5.82 Å². The molecule has 0 spiro atoms. The van der Waals surface area contributed by atoms with Crippen LogP contribution in [0.3, 0.4) is 0 Å². The van der Waals surface area contributed by atoms with Crippen LogP contribution in [-0.2, 0) is 16.1 Å². The minimum absolute atomic E-state index is 0.0457. The van der Waals surface area contributed by atoms with E-state index in [2.05, 4.69) is 5.32 Å². The Bertz CT molecular complexity index is 546. The second-order valence-corrected chi connectivity index (χ2v) is 5.01. The Morgan fingerprint density at radius 3 is 2.70 bits per heavy atom. The van der Waals surface area contributed by atoms with E-state index in [1.165, 1.54) is 14.2 Å². The second kappa shape index (κ2) is 5.46. The highest BCUT2D eigenvalue weighted by Crippen LogP contribution is 2.40. The minimum atomic E-state index is -0.753. The number of methoxy groups -OCH3 is 2. The Hall–Kier alpha value is -1.53. The highest BCUT2D eigenvalue weighted by atomic mass is 35.5. The molecule has 110 valence electrons. The molecule has 0 heterocycles. The third-order valence-electron chi connectivity index (χ3n) is 3.38. The van der Waals surface area contributed by atoms with Crippen molar-refractivity contribution in [2.24, 2.45) is 0 Å². The van der Waals surface area contributed by atoms with E-state index >= 15 is 0 Å². The van der Waals surface area contributed by atoms with Crippen LogP contribution in [0.2, 0.25) is 5.02 Å². The van der Waals surface area contributed by atoms with Crippen molar-refractivity contribution in [3.05, 3.63) is 22.5 Å². The van der Waals surface area contributed by atoms with E-state index in [0.717, 1.165) is 6.07 Å². The molecule has 2 rings (SSSR count). The number of nitrogens with one attached hydrogen (secondary N) is 1. The number of phenols is 1. The van der Waals surface area contributed by atoms with E-state index in [9.17, 15) is 14.3 Å². The molecule has 0 amide bonds. The third kappa shape index (κ3) is 2.53. The van der Waals surface area contributed by atoms with E-state index in [4.69, 9.17) is 21.1 Å². The van der Waals surface area contributed by atoms with E-state index in [1.807, 2.05) is 0 Å². The van der Waals surface area contributed by atoms with Gasteiger partial charge in [-0.1, -0.05) is 11.6 Å². The summed E-state index contributed by atoms with van der Waals surface area (Å²) in [5.74, 6) is -1.37. The molecule has 2 N–H and O–H groups in total. The fourth-order valence-electron chi connectivity index (χ4n) is 2.04. The number of benzene rings is 1. The second-order valence-electron chi connectivity index (χ2n) is 4.63. The van der Waals surface area contributed by atoms with Crippen LogP contribution in [-0.4, -0.2) is 30.8 Å². The number of carbonyl (C=O) groups is 1. The Kier molecular flexibility index (Phi) is 4.06. The fourth-order valence-corrected chi connectivity index (χ4v) is 2.28. The summed E-state index contributed by atoms with van der Waals surface area (Å²) >= 11 is 5.86. The van der Waals surface area contributed by atoms with Crippen molar-refractivity contribution in [1.82, 2.24) is 5.32 Å². The van der Waals surface area contributed by atoms with Gasteiger partial charge in [-0.05, 0) is 12.8 Å². The van der Waals surface area contributed by atoms with Crippen LogP contribution in [0.4, 0.5) is 4.39 Å². The van der Waals surface area contributed by atoms with Gasteiger partial charge in [0.2, 0.25) is 0 Å². The molecule has 0 saturated heterocycles. The predicted octanol–water partition coefficient (Wildman–Crippen LogP) is 1.99. The molecule has 20 heavy (non-hydrogen) atoms. The first-order chi connectivity index (χ1) is 9.45. The van der Waals surface area contributed by atoms with Crippen molar-refractivity contribution < 1.29 is 23.8 Å². The number of aromatic hydroxyl groups is 1. The van der Waals surface area contributed by atoms with Crippen molar-refractivity contribution in [3.63, 3.8) is 0 Å². The monoisotopic (exact) mass is 303 g/mol. The number of halogens is 2. The predicted molar refractivity (Wildman–Crippen MR) is 70.4 cm³/mol. The third-order valence-corrected chi connectivity index (χ3v) is 3.75. The molecule has 1 aliphatic rings. The Balaban J connectivity index is 2.22. The minimum Gasteiger partial charge on any atom is -0.506 e. The molecule has 0 atom stereocenters. The SMILES string of the molecule is COC(=O)C1(NCc2c(F)cc(O)c(Cl)c2OC)CC1. The van der Waals surface area contributed by atoms with Gasteiger partial charge in [-0.3, -0.25) is 10.1 Å². The highest BCUT2D eigenvalue weighted by molar-refractivity contribution is 6.33. The first-order valence-electron chi connectivity index (χ1n) is 6.02. The summed E-state index contributed by atoms with van der Waals surface area (Å²) in [6.45, 7) is 0.0457. The van der Waals surface area contributed by atoms with Crippen LogP contribution >= 0.6 is 11.6 Å². The number of phenolic OH excluding ortho intramolecular Hbond substituents is 1. The van der Waals surface area contributed by atoms with Crippen molar-refractivity contribution in [2.45, 2.75) is 24.9 Å². The van der Waals surface area contributed by atoms with Crippen LogP contribution in [0.15, 0.2) is 6.07 Å². The van der Waals surface area contributed by atoms with Gasteiger partial charge in [0.25, 0.3) is 0 Å². The first-order valence-corrected chi connectivity index (χ1v) is 6.40. The number of esters is 1. The Morgan fingerprint density at radius 2 is 2.20 bits per heavy atom. The van der Waals surface area contributed by atoms with Crippen molar-refractivity contribution >= 4 is 17.6 Å². The molecule has 1 fully saturated rings. The number of hydrogen-bond acceptors (Lipinski definition) is 5. The van der Waals surface area contributed by atoms with Crippen molar-refractivity contribution in [3.8, 4) is 11.5 Å². The maximum Gasteiger partial charge on any atom is 0.326 e. The van der Waals surface area contributed by atoms with Gasteiger partial charge >= 0.3 is 5.97 Å². The molecule has 1 aromatic rings. The molecule has 7 heteroatoms. The zero-order chi connectivity index (χ0) is 14.9. The maximum atomic E-state index is 13.9. The quantitative estimate of drug-likeness (QED) is 0.814. The van der Waals surface area contributed by atoms with Crippen LogP contribution in [0.5, 0.6) is 11.5 Å². The zero-order valence-electron chi connectivity index (χ0n) is 11.1. The molecule has 0 unspecified atom stereocenters. The van der Waals surface area contributed by atoms with E-state index in [1.54, 1.807) is 0 Å². The van der Waals surface area contributed by atoms with Gasteiger partial charge in [-0.15, -0.1) is 0 Å². The average molecular weight is 304 g/mol. The molecule has 0 aliphatic heterocycles. The molecular weight excluding hydrogens is 289 g/mol. The lowest BCUT2D eigenvalue weighted by atomic mass is 10.1. The Morgan fingerprint density at radius 1 is 1.55 bits per heavy atom. The number of ether oxygens (including phenoxy) is 2.